The molecule has 3 rings (SSSR count). The summed E-state index contributed by atoms with van der Waals surface area (Å²) < 4.78 is 27.0. The lowest BCUT2D eigenvalue weighted by Gasteiger charge is -2.20. The summed E-state index contributed by atoms with van der Waals surface area (Å²) in [6.45, 7) is 0. The molecule has 0 heterocycles. The van der Waals surface area contributed by atoms with Gasteiger partial charge in [-0.05, 0) is 48.5 Å². The summed E-state index contributed by atoms with van der Waals surface area (Å²) >= 11 is 12.0. The van der Waals surface area contributed by atoms with E-state index in [-0.39, 0.29) is 10.5 Å². The lowest BCUT2D eigenvalue weighted by atomic mass is 10.2. The van der Waals surface area contributed by atoms with E-state index in [0.29, 0.717) is 21.4 Å². The minimum absolute atomic E-state index is 0.0122. The number of para-hydroxylation sites is 1. The minimum Gasteiger partial charge on any atom is -0.321 e. The number of sulfonamides is 1. The molecular weight excluding hydrogens is 419 g/mol. The molecule has 0 aliphatic rings. The molecule has 3 aromatic rings. The number of hydrogen-bond donors (Lipinski definition) is 1. The normalized spacial score (nSPS) is 11.1. The summed E-state index contributed by atoms with van der Waals surface area (Å²) in [6.07, 6.45) is 0. The van der Waals surface area contributed by atoms with Crippen LogP contribution in [-0.2, 0) is 10.0 Å². The summed E-state index contributed by atoms with van der Waals surface area (Å²) in [6, 6.07) is 19.1. The van der Waals surface area contributed by atoms with E-state index in [0.717, 1.165) is 4.31 Å². The number of carbonyl (C=O) groups excluding carboxylic acids is 1. The van der Waals surface area contributed by atoms with Gasteiger partial charge in [0, 0.05) is 17.6 Å². The van der Waals surface area contributed by atoms with E-state index in [9.17, 15) is 13.2 Å². The number of carbonyl (C=O) groups is 1. The largest absolute Gasteiger partial charge is 0.321 e. The highest BCUT2D eigenvalue weighted by Crippen LogP contribution is 2.26. The molecule has 8 heteroatoms. The van der Waals surface area contributed by atoms with Crippen LogP contribution in [0.5, 0.6) is 0 Å². The second-order valence-corrected chi connectivity index (χ2v) is 8.73. The van der Waals surface area contributed by atoms with Crippen molar-refractivity contribution in [1.29, 1.82) is 0 Å². The molecule has 0 aliphatic carbocycles. The molecule has 28 heavy (non-hydrogen) atoms. The zero-order valence-electron chi connectivity index (χ0n) is 14.8. The topological polar surface area (TPSA) is 66.5 Å². The average Bonchev–Trinajstić information content (AvgIpc) is 2.69. The first-order valence-electron chi connectivity index (χ1n) is 8.19. The Morgan fingerprint density at radius 1 is 0.929 bits per heavy atom. The molecular formula is C20H16Cl2N2O3S. The van der Waals surface area contributed by atoms with Crippen molar-refractivity contribution in [2.75, 3.05) is 16.7 Å². The average molecular weight is 435 g/mol. The molecule has 0 saturated heterocycles. The van der Waals surface area contributed by atoms with Gasteiger partial charge >= 0.3 is 0 Å². The summed E-state index contributed by atoms with van der Waals surface area (Å²) in [5, 5.41) is 3.49. The fraction of sp³-hybridized carbons (Fsp3) is 0.0500. The Morgan fingerprint density at radius 3 is 2.36 bits per heavy atom. The number of nitrogens with one attached hydrogen (secondary N) is 1. The first-order valence-corrected chi connectivity index (χ1v) is 10.4. The van der Waals surface area contributed by atoms with E-state index >= 15 is 0 Å². The SMILES string of the molecule is CN(c1cccc(Cl)c1)S(=O)(=O)c1cccc(C(=O)Nc2ccccc2Cl)c1. The van der Waals surface area contributed by atoms with Crippen LogP contribution in [0.3, 0.4) is 0 Å². The highest BCUT2D eigenvalue weighted by atomic mass is 35.5. The van der Waals surface area contributed by atoms with Crippen LogP contribution < -0.4 is 9.62 Å². The van der Waals surface area contributed by atoms with Crippen molar-refractivity contribution in [2.24, 2.45) is 0 Å². The molecule has 0 fully saturated rings. The second kappa shape index (κ2) is 8.22. The number of amides is 1. The van der Waals surface area contributed by atoms with E-state index in [1.807, 2.05) is 0 Å². The molecule has 1 amide bonds. The molecule has 1 N–H and O–H groups in total. The van der Waals surface area contributed by atoms with E-state index < -0.39 is 15.9 Å². The van der Waals surface area contributed by atoms with Crippen LogP contribution >= 0.6 is 23.2 Å². The van der Waals surface area contributed by atoms with Gasteiger partial charge in [-0.1, -0.05) is 47.5 Å². The van der Waals surface area contributed by atoms with Gasteiger partial charge in [0.25, 0.3) is 15.9 Å². The second-order valence-electron chi connectivity index (χ2n) is 5.91. The first-order chi connectivity index (χ1) is 13.3. The molecule has 144 valence electrons. The number of benzene rings is 3. The Bertz CT molecular complexity index is 1130. The maximum Gasteiger partial charge on any atom is 0.264 e. The number of anilines is 2. The van der Waals surface area contributed by atoms with Crippen LogP contribution in [0.2, 0.25) is 10.0 Å². The van der Waals surface area contributed by atoms with E-state index in [1.165, 1.54) is 31.3 Å². The maximum absolute atomic E-state index is 13.0. The van der Waals surface area contributed by atoms with Gasteiger partial charge in [0.1, 0.15) is 0 Å². The van der Waals surface area contributed by atoms with Crippen molar-refractivity contribution >= 4 is 50.5 Å². The summed E-state index contributed by atoms with van der Waals surface area (Å²) in [7, 11) is -2.45. The lowest BCUT2D eigenvalue weighted by Crippen LogP contribution is -2.26. The lowest BCUT2D eigenvalue weighted by molar-refractivity contribution is 0.102. The predicted octanol–water partition coefficient (Wildman–Crippen LogP) is 5.07. The molecule has 0 aromatic heterocycles. The van der Waals surface area contributed by atoms with Gasteiger partial charge in [0.2, 0.25) is 0 Å². The van der Waals surface area contributed by atoms with Gasteiger partial charge in [-0.25, -0.2) is 8.42 Å². The zero-order valence-corrected chi connectivity index (χ0v) is 17.1. The van der Waals surface area contributed by atoms with Crippen molar-refractivity contribution in [3.63, 3.8) is 0 Å². The fourth-order valence-electron chi connectivity index (χ4n) is 2.52. The number of rotatable bonds is 5. The van der Waals surface area contributed by atoms with Crippen molar-refractivity contribution in [3.05, 3.63) is 88.4 Å². The summed E-state index contributed by atoms with van der Waals surface area (Å²) in [5.74, 6) is -0.462. The van der Waals surface area contributed by atoms with E-state index in [2.05, 4.69) is 5.32 Å². The third-order valence-electron chi connectivity index (χ3n) is 4.05. The van der Waals surface area contributed by atoms with Crippen molar-refractivity contribution < 1.29 is 13.2 Å². The van der Waals surface area contributed by atoms with Crippen LogP contribution in [-0.4, -0.2) is 21.4 Å². The monoisotopic (exact) mass is 434 g/mol. The van der Waals surface area contributed by atoms with Crippen LogP contribution in [0, 0.1) is 0 Å². The van der Waals surface area contributed by atoms with Gasteiger partial charge < -0.3 is 5.32 Å². The quantitative estimate of drug-likeness (QED) is 0.609. The standard InChI is InChI=1S/C20H16Cl2N2O3S/c1-24(16-8-5-7-15(21)13-16)28(26,27)17-9-4-6-14(12-17)20(25)23-19-11-3-2-10-18(19)22/h2-13H,1H3,(H,23,25). The third-order valence-corrected chi connectivity index (χ3v) is 6.39. The molecule has 0 bridgehead atoms. The Kier molecular flexibility index (Phi) is 5.93. The molecule has 0 atom stereocenters. The Labute approximate surface area is 173 Å². The van der Waals surface area contributed by atoms with Gasteiger partial charge in [0.05, 0.1) is 21.3 Å². The number of nitrogens with zero attached hydrogens (tertiary/aromatic N) is 1. The number of hydrogen-bond acceptors (Lipinski definition) is 3. The summed E-state index contributed by atoms with van der Waals surface area (Å²) in [4.78, 5) is 12.5. The molecule has 0 unspecified atom stereocenters. The van der Waals surface area contributed by atoms with Crippen molar-refractivity contribution in [3.8, 4) is 0 Å². The fourth-order valence-corrected chi connectivity index (χ4v) is 4.13. The van der Waals surface area contributed by atoms with Crippen molar-refractivity contribution in [1.82, 2.24) is 0 Å². The van der Waals surface area contributed by atoms with Crippen LogP contribution in [0.25, 0.3) is 0 Å². The molecule has 0 saturated carbocycles. The minimum atomic E-state index is -3.88. The van der Waals surface area contributed by atoms with Gasteiger partial charge in [0.15, 0.2) is 0 Å². The number of halogens is 2. The Morgan fingerprint density at radius 2 is 1.64 bits per heavy atom. The third kappa shape index (κ3) is 4.30. The molecule has 3 aromatic carbocycles. The maximum atomic E-state index is 13.0. The highest BCUT2D eigenvalue weighted by Gasteiger charge is 2.22. The molecule has 0 radical (unpaired) electrons. The Hall–Kier alpha value is -2.54. The first kappa shape index (κ1) is 20.2. The Balaban J connectivity index is 1.89. The van der Waals surface area contributed by atoms with E-state index in [4.69, 9.17) is 23.2 Å². The highest BCUT2D eigenvalue weighted by molar-refractivity contribution is 7.92. The molecule has 0 aliphatic heterocycles. The van der Waals surface area contributed by atoms with Crippen LogP contribution in [0.4, 0.5) is 11.4 Å². The smallest absolute Gasteiger partial charge is 0.264 e. The van der Waals surface area contributed by atoms with Gasteiger partial charge in [-0.3, -0.25) is 9.10 Å². The van der Waals surface area contributed by atoms with Crippen LogP contribution in [0.1, 0.15) is 10.4 Å². The van der Waals surface area contributed by atoms with Gasteiger partial charge in [-0.2, -0.15) is 0 Å². The molecule has 5 nitrogen and oxygen atoms in total. The molecule has 0 spiro atoms. The zero-order chi connectivity index (χ0) is 20.3. The summed E-state index contributed by atoms with van der Waals surface area (Å²) in [5.41, 5.74) is 1.05. The predicted molar refractivity (Wildman–Crippen MR) is 113 cm³/mol. The van der Waals surface area contributed by atoms with E-state index in [1.54, 1.807) is 48.5 Å². The van der Waals surface area contributed by atoms with Gasteiger partial charge in [-0.15, -0.1) is 0 Å². The van der Waals surface area contributed by atoms with Crippen LogP contribution in [0.15, 0.2) is 77.7 Å². The van der Waals surface area contributed by atoms with Crippen molar-refractivity contribution in [2.45, 2.75) is 4.90 Å².